The second kappa shape index (κ2) is 6.78. The van der Waals surface area contributed by atoms with Gasteiger partial charge in [0.1, 0.15) is 11.0 Å². The maximum absolute atomic E-state index is 10.8. The number of carbonyl (C=O) groups is 1. The van der Waals surface area contributed by atoms with Gasteiger partial charge in [-0.3, -0.25) is 0 Å². The van der Waals surface area contributed by atoms with Crippen molar-refractivity contribution in [2.75, 3.05) is 19.0 Å². The van der Waals surface area contributed by atoms with Crippen molar-refractivity contribution in [3.8, 4) is 0 Å². The minimum absolute atomic E-state index is 0.161. The number of carboxylic acids is 1. The van der Waals surface area contributed by atoms with Gasteiger partial charge in [0.25, 0.3) is 0 Å². The summed E-state index contributed by atoms with van der Waals surface area (Å²) < 4.78 is 0. The predicted octanol–water partition coefficient (Wildman–Crippen LogP) is 1.85. The van der Waals surface area contributed by atoms with Crippen LogP contribution in [0.25, 0.3) is 0 Å². The number of halogens is 1. The Hall–Kier alpha value is -1.79. The third-order valence-electron chi connectivity index (χ3n) is 2.65. The molecule has 0 atom stereocenters. The van der Waals surface area contributed by atoms with Crippen LogP contribution in [0.5, 0.6) is 0 Å². The van der Waals surface area contributed by atoms with E-state index in [9.17, 15) is 9.90 Å². The topological polar surface area (TPSA) is 69.2 Å². The van der Waals surface area contributed by atoms with E-state index in [0.29, 0.717) is 16.1 Å². The summed E-state index contributed by atoms with van der Waals surface area (Å²) in [5.74, 6) is 0.0886. The van der Waals surface area contributed by atoms with E-state index in [0.717, 1.165) is 11.4 Å². The molecule has 2 aromatic rings. The molecule has 0 saturated heterocycles. The van der Waals surface area contributed by atoms with Crippen LogP contribution in [0.1, 0.15) is 15.9 Å². The summed E-state index contributed by atoms with van der Waals surface area (Å²) in [6.45, 7) is 0. The smallest absolute Gasteiger partial charge is 0.191 e. The zero-order valence-corrected chi connectivity index (χ0v) is 13.1. The third-order valence-corrected chi connectivity index (χ3v) is 3.76. The van der Waals surface area contributed by atoms with Crippen molar-refractivity contribution in [1.82, 2.24) is 9.97 Å². The summed E-state index contributed by atoms with van der Waals surface area (Å²) in [5.41, 5.74) is 1.02. The summed E-state index contributed by atoms with van der Waals surface area (Å²) in [5, 5.41) is 11.7. The number of hydrogen-bond donors (Lipinski definition) is 0. The van der Waals surface area contributed by atoms with Gasteiger partial charge in [-0.05, 0) is 17.2 Å². The van der Waals surface area contributed by atoms with Crippen LogP contribution in [0, 0.1) is 0 Å². The zero-order valence-electron chi connectivity index (χ0n) is 11.5. The van der Waals surface area contributed by atoms with Gasteiger partial charge in [-0.1, -0.05) is 41.6 Å². The fourth-order valence-corrected chi connectivity index (χ4v) is 2.64. The zero-order chi connectivity index (χ0) is 15.4. The van der Waals surface area contributed by atoms with E-state index in [1.54, 1.807) is 18.2 Å². The Morgan fingerprint density at radius 3 is 2.76 bits per heavy atom. The van der Waals surface area contributed by atoms with Crippen LogP contribution >= 0.6 is 23.4 Å². The Morgan fingerprint density at radius 2 is 2.10 bits per heavy atom. The van der Waals surface area contributed by atoms with Crippen LogP contribution in [0.15, 0.2) is 35.5 Å². The van der Waals surface area contributed by atoms with Crippen molar-refractivity contribution in [1.29, 1.82) is 0 Å². The molecule has 0 saturated carbocycles. The molecule has 0 spiro atoms. The lowest BCUT2D eigenvalue weighted by atomic mass is 10.1. The van der Waals surface area contributed by atoms with Crippen molar-refractivity contribution in [3.05, 3.63) is 46.6 Å². The highest BCUT2D eigenvalue weighted by molar-refractivity contribution is 7.98. The SMILES string of the molecule is CN(C)c1cc(Cl)nc(SCc2cccc(C(=O)[O-])c2)n1. The molecule has 0 N–H and O–H groups in total. The fraction of sp³-hybridized carbons (Fsp3) is 0.214. The second-order valence-corrected chi connectivity index (χ2v) is 5.83. The van der Waals surface area contributed by atoms with E-state index in [2.05, 4.69) is 9.97 Å². The number of rotatable bonds is 5. The van der Waals surface area contributed by atoms with Crippen LogP contribution in [0.3, 0.4) is 0 Å². The first-order valence-electron chi connectivity index (χ1n) is 6.10. The second-order valence-electron chi connectivity index (χ2n) is 4.50. The van der Waals surface area contributed by atoms with Gasteiger partial charge in [-0.2, -0.15) is 0 Å². The summed E-state index contributed by atoms with van der Waals surface area (Å²) >= 11 is 7.36. The summed E-state index contributed by atoms with van der Waals surface area (Å²) in [4.78, 5) is 21.2. The summed E-state index contributed by atoms with van der Waals surface area (Å²) in [6, 6.07) is 8.30. The Bertz CT molecular complexity index is 664. The standard InChI is InChI=1S/C14H14ClN3O2S/c1-18(2)12-7-11(15)16-14(17-12)21-8-9-4-3-5-10(6-9)13(19)20/h3-7H,8H2,1-2H3,(H,19,20)/p-1. The molecular formula is C14H13ClN3O2S-. The number of hydrogen-bond acceptors (Lipinski definition) is 6. The highest BCUT2D eigenvalue weighted by Crippen LogP contribution is 2.24. The van der Waals surface area contributed by atoms with Crippen molar-refractivity contribution in [2.24, 2.45) is 0 Å². The van der Waals surface area contributed by atoms with Gasteiger partial charge >= 0.3 is 0 Å². The highest BCUT2D eigenvalue weighted by Gasteiger charge is 2.06. The molecule has 0 aliphatic carbocycles. The Kier molecular flexibility index (Phi) is 5.03. The molecule has 1 heterocycles. The maximum atomic E-state index is 10.8. The third kappa shape index (κ3) is 4.34. The number of aromatic nitrogens is 2. The molecule has 5 nitrogen and oxygen atoms in total. The van der Waals surface area contributed by atoms with Gasteiger partial charge in [-0.25, -0.2) is 9.97 Å². The molecule has 0 radical (unpaired) electrons. The Labute approximate surface area is 132 Å². The van der Waals surface area contributed by atoms with E-state index in [1.807, 2.05) is 25.1 Å². The number of carboxylic acid groups (broad SMARTS) is 1. The van der Waals surface area contributed by atoms with Gasteiger partial charge in [0, 0.05) is 25.9 Å². The first kappa shape index (κ1) is 15.6. The first-order chi connectivity index (χ1) is 9.95. The van der Waals surface area contributed by atoms with Crippen molar-refractivity contribution < 1.29 is 9.90 Å². The fourth-order valence-electron chi connectivity index (χ4n) is 1.62. The lowest BCUT2D eigenvalue weighted by Gasteiger charge is -2.12. The molecule has 1 aromatic carbocycles. The van der Waals surface area contributed by atoms with Crippen molar-refractivity contribution in [3.63, 3.8) is 0 Å². The first-order valence-corrected chi connectivity index (χ1v) is 7.47. The molecule has 0 unspecified atom stereocenters. The van der Waals surface area contributed by atoms with Gasteiger partial charge in [0.05, 0.1) is 5.97 Å². The van der Waals surface area contributed by atoms with E-state index in [-0.39, 0.29) is 5.56 Å². The molecule has 0 amide bonds. The molecule has 0 bridgehead atoms. The van der Waals surface area contributed by atoms with Gasteiger partial charge < -0.3 is 14.8 Å². The van der Waals surface area contributed by atoms with Crippen molar-refractivity contribution in [2.45, 2.75) is 10.9 Å². The van der Waals surface area contributed by atoms with E-state index < -0.39 is 5.97 Å². The molecule has 0 fully saturated rings. The Balaban J connectivity index is 2.13. The van der Waals surface area contributed by atoms with Crippen LogP contribution in [0.2, 0.25) is 5.15 Å². The molecule has 2 rings (SSSR count). The Morgan fingerprint density at radius 1 is 1.33 bits per heavy atom. The molecule has 110 valence electrons. The number of anilines is 1. The minimum Gasteiger partial charge on any atom is -0.545 e. The average molecular weight is 323 g/mol. The number of benzene rings is 1. The summed E-state index contributed by atoms with van der Waals surface area (Å²) in [6.07, 6.45) is 0. The molecular weight excluding hydrogens is 310 g/mol. The summed E-state index contributed by atoms with van der Waals surface area (Å²) in [7, 11) is 3.74. The van der Waals surface area contributed by atoms with Crippen LogP contribution in [-0.4, -0.2) is 30.0 Å². The number of nitrogens with zero attached hydrogens (tertiary/aromatic N) is 3. The minimum atomic E-state index is -1.18. The van der Waals surface area contributed by atoms with Gasteiger partial charge in [-0.15, -0.1) is 0 Å². The molecule has 1 aromatic heterocycles. The van der Waals surface area contributed by atoms with E-state index in [1.165, 1.54) is 17.8 Å². The average Bonchev–Trinajstić information content (AvgIpc) is 2.45. The number of thioether (sulfide) groups is 1. The maximum Gasteiger partial charge on any atom is 0.191 e. The lowest BCUT2D eigenvalue weighted by Crippen LogP contribution is -2.22. The lowest BCUT2D eigenvalue weighted by molar-refractivity contribution is -0.255. The molecule has 7 heteroatoms. The number of aromatic carboxylic acids is 1. The highest BCUT2D eigenvalue weighted by atomic mass is 35.5. The van der Waals surface area contributed by atoms with E-state index >= 15 is 0 Å². The van der Waals surface area contributed by atoms with Gasteiger partial charge in [0.2, 0.25) is 0 Å². The van der Waals surface area contributed by atoms with Crippen LogP contribution < -0.4 is 10.0 Å². The largest absolute Gasteiger partial charge is 0.545 e. The molecule has 0 aliphatic heterocycles. The quantitative estimate of drug-likeness (QED) is 0.475. The normalized spacial score (nSPS) is 10.4. The monoisotopic (exact) mass is 322 g/mol. The van der Waals surface area contributed by atoms with Gasteiger partial charge in [0.15, 0.2) is 5.16 Å². The molecule has 21 heavy (non-hydrogen) atoms. The van der Waals surface area contributed by atoms with E-state index in [4.69, 9.17) is 11.6 Å². The molecule has 0 aliphatic rings. The predicted molar refractivity (Wildman–Crippen MR) is 81.7 cm³/mol. The van der Waals surface area contributed by atoms with Crippen LogP contribution in [-0.2, 0) is 5.75 Å². The number of carbonyl (C=O) groups excluding carboxylic acids is 1. The van der Waals surface area contributed by atoms with Crippen LogP contribution in [0.4, 0.5) is 5.82 Å². The van der Waals surface area contributed by atoms with Crippen molar-refractivity contribution >= 4 is 35.1 Å².